The maximum absolute atomic E-state index is 5.61. The van der Waals surface area contributed by atoms with Crippen LogP contribution in [0, 0.1) is 0 Å². The first-order chi connectivity index (χ1) is 6.29. The molecule has 0 fully saturated rings. The van der Waals surface area contributed by atoms with Gasteiger partial charge in [-0.1, -0.05) is 28.1 Å². The fraction of sp³-hybridized carbons (Fsp3) is 0. The lowest BCUT2D eigenvalue weighted by molar-refractivity contribution is 1.01. The van der Waals surface area contributed by atoms with Crippen LogP contribution >= 0.6 is 15.9 Å². The first-order valence-corrected chi connectivity index (χ1v) is 4.48. The maximum Gasteiger partial charge on any atom is 0.183 e. The van der Waals surface area contributed by atoms with Crippen molar-refractivity contribution in [2.45, 2.75) is 0 Å². The molecule has 0 aliphatic rings. The predicted octanol–water partition coefficient (Wildman–Crippen LogP) is 1.42. The average Bonchev–Trinajstić information content (AvgIpc) is 2.52. The van der Waals surface area contributed by atoms with Crippen LogP contribution in [-0.2, 0) is 0 Å². The molecular formula is C8H7BrN4. The molecule has 2 N–H and O–H groups in total. The van der Waals surface area contributed by atoms with Gasteiger partial charge in [0.25, 0.3) is 0 Å². The number of hydrogen-bond acceptors (Lipinski definition) is 3. The summed E-state index contributed by atoms with van der Waals surface area (Å²) < 4.78 is 2.34. The molecule has 0 spiro atoms. The molecule has 66 valence electrons. The Morgan fingerprint density at radius 2 is 2.08 bits per heavy atom. The zero-order valence-corrected chi connectivity index (χ0v) is 8.27. The number of rotatable bonds is 1. The van der Waals surface area contributed by atoms with Gasteiger partial charge >= 0.3 is 0 Å². The number of aromatic nitrogens is 3. The number of nitrogen functional groups attached to an aromatic ring is 1. The fourth-order valence-corrected chi connectivity index (χ4v) is 1.54. The lowest BCUT2D eigenvalue weighted by atomic mass is 10.2. The number of hydrogen-bond donors (Lipinski definition) is 1. The molecule has 2 rings (SSSR count). The van der Waals surface area contributed by atoms with E-state index in [0.29, 0.717) is 5.82 Å². The summed E-state index contributed by atoms with van der Waals surface area (Å²) in [7, 11) is 0. The van der Waals surface area contributed by atoms with Gasteiger partial charge in [-0.25, -0.2) is 4.68 Å². The van der Waals surface area contributed by atoms with Crippen molar-refractivity contribution in [3.05, 3.63) is 35.1 Å². The average molecular weight is 239 g/mol. The van der Waals surface area contributed by atoms with Gasteiger partial charge in [0.1, 0.15) is 6.33 Å². The molecule has 1 aromatic heterocycles. The number of nitrogens with two attached hydrogens (primary N) is 1. The SMILES string of the molecule is Nn1cnnc1-c1ccccc1Br. The highest BCUT2D eigenvalue weighted by Gasteiger charge is 2.07. The van der Waals surface area contributed by atoms with Crippen molar-refractivity contribution in [2.24, 2.45) is 0 Å². The van der Waals surface area contributed by atoms with E-state index in [9.17, 15) is 0 Å². The standard InChI is InChI=1S/C8H7BrN4/c9-7-4-2-1-3-6(7)8-12-11-5-13(8)10/h1-5H,10H2. The normalized spacial score (nSPS) is 10.2. The molecule has 5 heteroatoms. The summed E-state index contributed by atoms with van der Waals surface area (Å²) in [5, 5.41) is 7.61. The summed E-state index contributed by atoms with van der Waals surface area (Å²) in [5.74, 6) is 6.26. The van der Waals surface area contributed by atoms with Gasteiger partial charge in [0.05, 0.1) is 0 Å². The molecule has 1 aromatic carbocycles. The molecule has 0 atom stereocenters. The van der Waals surface area contributed by atoms with E-state index in [2.05, 4.69) is 26.1 Å². The Bertz CT molecular complexity index is 424. The summed E-state index contributed by atoms with van der Waals surface area (Å²) in [5.41, 5.74) is 0.933. The molecule has 0 saturated carbocycles. The summed E-state index contributed by atoms with van der Waals surface area (Å²) >= 11 is 3.42. The largest absolute Gasteiger partial charge is 0.336 e. The van der Waals surface area contributed by atoms with Crippen LogP contribution < -0.4 is 5.84 Å². The molecule has 2 aromatic rings. The monoisotopic (exact) mass is 238 g/mol. The summed E-state index contributed by atoms with van der Waals surface area (Å²) in [6.07, 6.45) is 1.47. The van der Waals surface area contributed by atoms with Crippen LogP contribution in [-0.4, -0.2) is 14.9 Å². The third-order valence-corrected chi connectivity index (χ3v) is 2.38. The lowest BCUT2D eigenvalue weighted by Crippen LogP contribution is -2.08. The first kappa shape index (κ1) is 8.25. The Morgan fingerprint density at radius 3 is 2.69 bits per heavy atom. The van der Waals surface area contributed by atoms with E-state index in [0.717, 1.165) is 10.0 Å². The topological polar surface area (TPSA) is 56.7 Å². The van der Waals surface area contributed by atoms with Crippen molar-refractivity contribution in [3.8, 4) is 11.4 Å². The van der Waals surface area contributed by atoms with Crippen molar-refractivity contribution >= 4 is 15.9 Å². The highest BCUT2D eigenvalue weighted by molar-refractivity contribution is 9.10. The molecule has 13 heavy (non-hydrogen) atoms. The highest BCUT2D eigenvalue weighted by Crippen LogP contribution is 2.24. The van der Waals surface area contributed by atoms with Gasteiger partial charge in [0.15, 0.2) is 5.82 Å². The highest BCUT2D eigenvalue weighted by atomic mass is 79.9. The quantitative estimate of drug-likeness (QED) is 0.765. The van der Waals surface area contributed by atoms with Gasteiger partial charge < -0.3 is 5.84 Å². The summed E-state index contributed by atoms with van der Waals surface area (Å²) in [6, 6.07) is 7.72. The van der Waals surface area contributed by atoms with Crippen molar-refractivity contribution in [1.82, 2.24) is 14.9 Å². The Labute approximate surface area is 83.5 Å². The zero-order chi connectivity index (χ0) is 9.26. The minimum Gasteiger partial charge on any atom is -0.336 e. The van der Waals surface area contributed by atoms with Gasteiger partial charge in [-0.05, 0) is 12.1 Å². The number of benzene rings is 1. The van der Waals surface area contributed by atoms with Crippen LogP contribution in [0.4, 0.5) is 0 Å². The van der Waals surface area contributed by atoms with Crippen molar-refractivity contribution in [1.29, 1.82) is 0 Å². The van der Waals surface area contributed by atoms with Crippen molar-refractivity contribution in [3.63, 3.8) is 0 Å². The molecule has 4 nitrogen and oxygen atoms in total. The second kappa shape index (κ2) is 3.18. The second-order valence-corrected chi connectivity index (χ2v) is 3.40. The smallest absolute Gasteiger partial charge is 0.183 e. The Hall–Kier alpha value is -1.36. The molecule has 0 aliphatic carbocycles. The van der Waals surface area contributed by atoms with E-state index in [1.165, 1.54) is 11.0 Å². The second-order valence-electron chi connectivity index (χ2n) is 2.54. The molecule has 0 unspecified atom stereocenters. The molecule has 0 saturated heterocycles. The third kappa shape index (κ3) is 1.42. The van der Waals surface area contributed by atoms with E-state index < -0.39 is 0 Å². The Morgan fingerprint density at radius 1 is 1.31 bits per heavy atom. The minimum absolute atomic E-state index is 0.646. The first-order valence-electron chi connectivity index (χ1n) is 3.69. The van der Waals surface area contributed by atoms with Gasteiger partial charge in [0, 0.05) is 10.0 Å². The van der Waals surface area contributed by atoms with Gasteiger partial charge in [-0.3, -0.25) is 0 Å². The van der Waals surface area contributed by atoms with Crippen LogP contribution in [0.1, 0.15) is 0 Å². The van der Waals surface area contributed by atoms with Crippen LogP contribution in [0.2, 0.25) is 0 Å². The van der Waals surface area contributed by atoms with Crippen molar-refractivity contribution in [2.75, 3.05) is 5.84 Å². The number of nitrogens with zero attached hydrogens (tertiary/aromatic N) is 3. The van der Waals surface area contributed by atoms with Crippen LogP contribution in [0.15, 0.2) is 35.1 Å². The Balaban J connectivity index is 2.59. The molecule has 0 aliphatic heterocycles. The molecule has 0 radical (unpaired) electrons. The van der Waals surface area contributed by atoms with Gasteiger partial charge in [-0.2, -0.15) is 0 Å². The fourth-order valence-electron chi connectivity index (χ4n) is 1.08. The third-order valence-electron chi connectivity index (χ3n) is 1.69. The maximum atomic E-state index is 5.61. The lowest BCUT2D eigenvalue weighted by Gasteiger charge is -2.01. The van der Waals surface area contributed by atoms with Crippen LogP contribution in [0.25, 0.3) is 11.4 Å². The van der Waals surface area contributed by atoms with Crippen molar-refractivity contribution < 1.29 is 0 Å². The predicted molar refractivity (Wildman–Crippen MR) is 53.3 cm³/mol. The minimum atomic E-state index is 0.646. The summed E-state index contributed by atoms with van der Waals surface area (Å²) in [6.45, 7) is 0. The van der Waals surface area contributed by atoms with Gasteiger partial charge in [-0.15, -0.1) is 10.2 Å². The van der Waals surface area contributed by atoms with E-state index in [1.54, 1.807) is 0 Å². The van der Waals surface area contributed by atoms with Crippen LogP contribution in [0.5, 0.6) is 0 Å². The molecule has 0 bridgehead atoms. The van der Waals surface area contributed by atoms with E-state index in [1.807, 2.05) is 24.3 Å². The molecule has 1 heterocycles. The van der Waals surface area contributed by atoms with E-state index >= 15 is 0 Å². The van der Waals surface area contributed by atoms with E-state index in [4.69, 9.17) is 5.84 Å². The number of halogens is 1. The summed E-state index contributed by atoms with van der Waals surface area (Å²) in [4.78, 5) is 0. The van der Waals surface area contributed by atoms with E-state index in [-0.39, 0.29) is 0 Å². The zero-order valence-electron chi connectivity index (χ0n) is 6.68. The van der Waals surface area contributed by atoms with Gasteiger partial charge in [0.2, 0.25) is 0 Å². The molecular weight excluding hydrogens is 232 g/mol. The Kier molecular flexibility index (Phi) is 2.02. The van der Waals surface area contributed by atoms with Crippen LogP contribution in [0.3, 0.4) is 0 Å². The molecule has 0 amide bonds.